The summed E-state index contributed by atoms with van der Waals surface area (Å²) in [6.45, 7) is 0. The first kappa shape index (κ1) is 20.6. The van der Waals surface area contributed by atoms with E-state index in [2.05, 4.69) is 15.0 Å². The normalized spacial score (nSPS) is 11.7. The van der Waals surface area contributed by atoms with Crippen LogP contribution >= 0.6 is 0 Å². The number of nitrogens with zero attached hydrogens (tertiary/aromatic N) is 4. The SMILES string of the molecule is O=C(CCC(F)(F)F)Cc1cccc(-c2cnc3cc(-c4ncc(F)cn4)ccn23)c1. The van der Waals surface area contributed by atoms with Crippen LogP contribution in [0.4, 0.5) is 17.6 Å². The molecule has 158 valence electrons. The molecule has 0 amide bonds. The maximum absolute atomic E-state index is 13.0. The Morgan fingerprint density at radius 3 is 2.48 bits per heavy atom. The van der Waals surface area contributed by atoms with Crippen LogP contribution in [-0.4, -0.2) is 31.3 Å². The van der Waals surface area contributed by atoms with Crippen LogP contribution in [0, 0.1) is 5.82 Å². The fraction of sp³-hybridized carbons (Fsp3) is 0.182. The minimum absolute atomic E-state index is 0.0628. The van der Waals surface area contributed by atoms with Gasteiger partial charge in [-0.1, -0.05) is 18.2 Å². The third-order valence-electron chi connectivity index (χ3n) is 4.70. The molecule has 0 saturated heterocycles. The van der Waals surface area contributed by atoms with E-state index < -0.39 is 30.6 Å². The van der Waals surface area contributed by atoms with Crippen LogP contribution in [0.25, 0.3) is 28.3 Å². The van der Waals surface area contributed by atoms with Gasteiger partial charge in [0, 0.05) is 30.2 Å². The summed E-state index contributed by atoms with van der Waals surface area (Å²) in [7, 11) is 0. The second-order valence-corrected chi connectivity index (χ2v) is 7.04. The topological polar surface area (TPSA) is 60.2 Å². The number of halogens is 4. The van der Waals surface area contributed by atoms with Gasteiger partial charge < -0.3 is 0 Å². The third-order valence-corrected chi connectivity index (χ3v) is 4.70. The van der Waals surface area contributed by atoms with Gasteiger partial charge in [0.25, 0.3) is 0 Å². The monoisotopic (exact) mass is 428 g/mol. The average molecular weight is 428 g/mol. The maximum Gasteiger partial charge on any atom is 0.389 e. The summed E-state index contributed by atoms with van der Waals surface area (Å²) in [5.74, 6) is -0.617. The molecule has 0 aliphatic rings. The van der Waals surface area contributed by atoms with Crippen LogP contribution in [0.3, 0.4) is 0 Å². The molecule has 0 N–H and O–H groups in total. The van der Waals surface area contributed by atoms with E-state index in [-0.39, 0.29) is 6.42 Å². The summed E-state index contributed by atoms with van der Waals surface area (Å²) < 4.78 is 51.8. The highest BCUT2D eigenvalue weighted by Gasteiger charge is 2.27. The van der Waals surface area contributed by atoms with Crippen molar-refractivity contribution in [1.82, 2.24) is 19.4 Å². The van der Waals surface area contributed by atoms with Gasteiger partial charge in [0.05, 0.1) is 30.7 Å². The van der Waals surface area contributed by atoms with Crippen molar-refractivity contribution in [1.29, 1.82) is 0 Å². The van der Waals surface area contributed by atoms with Crippen molar-refractivity contribution in [3.63, 3.8) is 0 Å². The maximum atomic E-state index is 13.0. The number of carbonyl (C=O) groups is 1. The predicted molar refractivity (Wildman–Crippen MR) is 106 cm³/mol. The zero-order chi connectivity index (χ0) is 22.0. The Hall–Kier alpha value is -3.62. The largest absolute Gasteiger partial charge is 0.389 e. The summed E-state index contributed by atoms with van der Waals surface area (Å²) in [6.07, 6.45) is -0.429. The first-order valence-electron chi connectivity index (χ1n) is 9.41. The van der Waals surface area contributed by atoms with E-state index in [4.69, 9.17) is 0 Å². The summed E-state index contributed by atoms with van der Waals surface area (Å²) in [6, 6.07) is 10.6. The smallest absolute Gasteiger partial charge is 0.300 e. The number of pyridine rings is 1. The van der Waals surface area contributed by atoms with E-state index in [1.165, 1.54) is 0 Å². The summed E-state index contributed by atoms with van der Waals surface area (Å²) in [5, 5.41) is 0. The Bertz CT molecular complexity index is 1230. The molecule has 1 aromatic carbocycles. The molecule has 4 aromatic rings. The van der Waals surface area contributed by atoms with E-state index in [1.807, 2.05) is 10.5 Å². The molecule has 0 saturated carbocycles. The number of benzene rings is 1. The number of hydrogen-bond acceptors (Lipinski definition) is 4. The molecule has 0 atom stereocenters. The lowest BCUT2D eigenvalue weighted by Crippen LogP contribution is -2.12. The molecule has 0 bridgehead atoms. The first-order valence-corrected chi connectivity index (χ1v) is 9.41. The van der Waals surface area contributed by atoms with Crippen molar-refractivity contribution in [2.24, 2.45) is 0 Å². The second kappa shape index (κ2) is 8.25. The summed E-state index contributed by atoms with van der Waals surface area (Å²) in [5.41, 5.74) is 3.46. The van der Waals surface area contributed by atoms with E-state index in [0.717, 1.165) is 23.7 Å². The average Bonchev–Trinajstić information content (AvgIpc) is 3.16. The van der Waals surface area contributed by atoms with E-state index >= 15 is 0 Å². The van der Waals surface area contributed by atoms with Crippen molar-refractivity contribution >= 4 is 11.4 Å². The first-order chi connectivity index (χ1) is 14.8. The lowest BCUT2D eigenvalue weighted by atomic mass is 10.0. The Kier molecular flexibility index (Phi) is 5.50. The van der Waals surface area contributed by atoms with Crippen LogP contribution in [0.5, 0.6) is 0 Å². The van der Waals surface area contributed by atoms with Gasteiger partial charge in [-0.05, 0) is 23.8 Å². The van der Waals surface area contributed by atoms with Crippen molar-refractivity contribution in [2.75, 3.05) is 0 Å². The predicted octanol–water partition coefficient (Wildman–Crippen LogP) is 5.05. The van der Waals surface area contributed by atoms with Gasteiger partial charge in [-0.15, -0.1) is 0 Å². The highest BCUT2D eigenvalue weighted by molar-refractivity contribution is 5.81. The van der Waals surface area contributed by atoms with Crippen molar-refractivity contribution < 1.29 is 22.4 Å². The summed E-state index contributed by atoms with van der Waals surface area (Å²) >= 11 is 0. The van der Waals surface area contributed by atoms with Gasteiger partial charge in [0.2, 0.25) is 0 Å². The molecule has 0 spiro atoms. The molecular formula is C22H16F4N4O. The lowest BCUT2D eigenvalue weighted by molar-refractivity contribution is -0.143. The van der Waals surface area contributed by atoms with Crippen LogP contribution in [0.2, 0.25) is 0 Å². The Morgan fingerprint density at radius 2 is 1.74 bits per heavy atom. The Balaban J connectivity index is 1.57. The molecule has 0 fully saturated rings. The minimum Gasteiger partial charge on any atom is -0.300 e. The van der Waals surface area contributed by atoms with Gasteiger partial charge in [-0.2, -0.15) is 13.2 Å². The summed E-state index contributed by atoms with van der Waals surface area (Å²) in [4.78, 5) is 24.2. The van der Waals surface area contributed by atoms with Gasteiger partial charge in [0.15, 0.2) is 11.6 Å². The standard InChI is InChI=1S/C22H16F4N4O/c23-17-11-28-21(29-12-17)16-5-7-30-19(13-27-20(30)10-16)15-3-1-2-14(8-15)9-18(31)4-6-22(24,25)26/h1-3,5,7-8,10-13H,4,6,9H2. The molecule has 0 unspecified atom stereocenters. The number of fused-ring (bicyclic) bond motifs is 1. The van der Waals surface area contributed by atoms with Gasteiger partial charge in [-0.3, -0.25) is 9.20 Å². The molecule has 3 heterocycles. The van der Waals surface area contributed by atoms with Gasteiger partial charge >= 0.3 is 6.18 Å². The Labute approximate surface area is 174 Å². The molecule has 0 radical (unpaired) electrons. The van der Waals surface area contributed by atoms with Crippen molar-refractivity contribution in [3.05, 3.63) is 72.6 Å². The molecule has 5 nitrogen and oxygen atoms in total. The third kappa shape index (κ3) is 4.93. The number of ketones is 1. The van der Waals surface area contributed by atoms with Crippen LogP contribution < -0.4 is 0 Å². The highest BCUT2D eigenvalue weighted by Crippen LogP contribution is 2.26. The molecule has 31 heavy (non-hydrogen) atoms. The number of rotatable bonds is 6. The van der Waals surface area contributed by atoms with Crippen LogP contribution in [0.1, 0.15) is 18.4 Å². The number of imidazole rings is 1. The van der Waals surface area contributed by atoms with Gasteiger partial charge in [0.1, 0.15) is 11.4 Å². The molecule has 9 heteroatoms. The van der Waals surface area contributed by atoms with E-state index in [1.54, 1.807) is 42.7 Å². The number of Topliss-reactive ketones (excluding diaryl/α,β-unsaturated/α-hetero) is 1. The molecule has 0 aliphatic heterocycles. The Morgan fingerprint density at radius 1 is 0.968 bits per heavy atom. The number of aromatic nitrogens is 4. The zero-order valence-electron chi connectivity index (χ0n) is 16.1. The number of carbonyl (C=O) groups excluding carboxylic acids is 1. The highest BCUT2D eigenvalue weighted by atomic mass is 19.4. The van der Waals surface area contributed by atoms with Crippen molar-refractivity contribution in [2.45, 2.75) is 25.4 Å². The van der Waals surface area contributed by atoms with Crippen LogP contribution in [-0.2, 0) is 11.2 Å². The molecule has 4 rings (SSSR count). The molecule has 0 aliphatic carbocycles. The lowest BCUT2D eigenvalue weighted by Gasteiger charge is -2.07. The zero-order valence-corrected chi connectivity index (χ0v) is 16.1. The fourth-order valence-electron chi connectivity index (χ4n) is 3.23. The number of alkyl halides is 3. The van der Waals surface area contributed by atoms with E-state index in [9.17, 15) is 22.4 Å². The van der Waals surface area contributed by atoms with E-state index in [0.29, 0.717) is 22.6 Å². The van der Waals surface area contributed by atoms with Crippen molar-refractivity contribution in [3.8, 4) is 22.6 Å². The minimum atomic E-state index is -4.34. The fourth-order valence-corrected chi connectivity index (χ4v) is 3.23. The number of hydrogen-bond donors (Lipinski definition) is 0. The molecule has 3 aromatic heterocycles. The second-order valence-electron chi connectivity index (χ2n) is 7.04. The molecular weight excluding hydrogens is 412 g/mol. The van der Waals surface area contributed by atoms with Crippen LogP contribution in [0.15, 0.2) is 61.2 Å². The van der Waals surface area contributed by atoms with Gasteiger partial charge in [-0.25, -0.2) is 19.3 Å². The quantitative estimate of drug-likeness (QED) is 0.403.